The molecule has 5 heteroatoms. The summed E-state index contributed by atoms with van der Waals surface area (Å²) in [6.45, 7) is 0. The number of benzene rings is 1. The summed E-state index contributed by atoms with van der Waals surface area (Å²) in [7, 11) is -3.11. The summed E-state index contributed by atoms with van der Waals surface area (Å²) in [6.07, 6.45) is 12.1. The van der Waals surface area contributed by atoms with Crippen molar-refractivity contribution in [2.45, 2.75) is 54.3 Å². The minimum absolute atomic E-state index is 0.322. The van der Waals surface area contributed by atoms with Crippen LogP contribution in [-0.2, 0) is 9.84 Å². The Balaban J connectivity index is 1.63. The fourth-order valence-corrected chi connectivity index (χ4v) is 5.14. The lowest BCUT2D eigenvalue weighted by molar-refractivity contribution is 0.362. The van der Waals surface area contributed by atoms with Crippen LogP contribution in [0.3, 0.4) is 0 Å². The highest BCUT2D eigenvalue weighted by atomic mass is 32.2. The van der Waals surface area contributed by atoms with Crippen LogP contribution in [0.4, 0.5) is 0 Å². The van der Waals surface area contributed by atoms with Gasteiger partial charge in [-0.05, 0) is 55.6 Å². The van der Waals surface area contributed by atoms with Gasteiger partial charge in [0.25, 0.3) is 0 Å². The van der Waals surface area contributed by atoms with Crippen molar-refractivity contribution in [2.75, 3.05) is 12.0 Å². The largest absolute Gasteiger partial charge is 0.304 e. The predicted octanol–water partition coefficient (Wildman–Crippen LogP) is 3.73. The van der Waals surface area contributed by atoms with Gasteiger partial charge in [-0.1, -0.05) is 24.3 Å². The molecule has 0 spiro atoms. The van der Waals surface area contributed by atoms with Gasteiger partial charge in [-0.2, -0.15) is 11.8 Å². The van der Waals surface area contributed by atoms with Gasteiger partial charge < -0.3 is 5.32 Å². The maximum absolute atomic E-state index is 11.6. The van der Waals surface area contributed by atoms with Crippen molar-refractivity contribution in [1.29, 1.82) is 0 Å². The molecule has 2 aliphatic heterocycles. The van der Waals surface area contributed by atoms with E-state index in [1.807, 2.05) is 12.1 Å². The topological polar surface area (TPSA) is 46.2 Å². The molecule has 3 nitrogen and oxygen atoms in total. The Morgan fingerprint density at radius 2 is 1.87 bits per heavy atom. The van der Waals surface area contributed by atoms with Gasteiger partial charge in [0.05, 0.1) is 4.90 Å². The number of rotatable bonds is 4. The van der Waals surface area contributed by atoms with Crippen molar-refractivity contribution in [3.63, 3.8) is 0 Å². The van der Waals surface area contributed by atoms with E-state index in [-0.39, 0.29) is 0 Å². The fraction of sp³-hybridized carbons (Fsp3) is 0.556. The lowest BCUT2D eigenvalue weighted by atomic mass is 9.93. The standard InChI is InChI=1S/C18H25NO2S2/c1-23(20,21)17-11-7-14(8-12-17)18-6-2-4-15(19-18)9-10-16-5-3-13-22-16/h7-12,15-16,18-19H,2-6,13H2,1H3/b10-9-. The highest BCUT2D eigenvalue weighted by Crippen LogP contribution is 2.29. The minimum Gasteiger partial charge on any atom is -0.304 e. The Morgan fingerprint density at radius 1 is 1.09 bits per heavy atom. The highest BCUT2D eigenvalue weighted by Gasteiger charge is 2.21. The lowest BCUT2D eigenvalue weighted by Gasteiger charge is -2.30. The van der Waals surface area contributed by atoms with Crippen molar-refractivity contribution in [3.05, 3.63) is 42.0 Å². The Labute approximate surface area is 143 Å². The molecule has 0 saturated carbocycles. The number of hydrogen-bond donors (Lipinski definition) is 1. The summed E-state index contributed by atoms with van der Waals surface area (Å²) in [5.74, 6) is 1.29. The first-order chi connectivity index (χ1) is 11.0. The second-order valence-electron chi connectivity index (χ2n) is 6.53. The Kier molecular flexibility index (Phi) is 5.49. The van der Waals surface area contributed by atoms with Gasteiger partial charge in [0, 0.05) is 23.6 Å². The molecule has 2 fully saturated rings. The number of nitrogens with one attached hydrogen (secondary N) is 1. The van der Waals surface area contributed by atoms with Gasteiger partial charge in [-0.25, -0.2) is 8.42 Å². The molecule has 0 aliphatic carbocycles. The van der Waals surface area contributed by atoms with Gasteiger partial charge in [0.1, 0.15) is 0 Å². The van der Waals surface area contributed by atoms with Crippen LogP contribution in [0.1, 0.15) is 43.7 Å². The Morgan fingerprint density at radius 3 is 2.52 bits per heavy atom. The summed E-state index contributed by atoms with van der Waals surface area (Å²) >= 11 is 2.06. The average Bonchev–Trinajstić information content (AvgIpc) is 3.06. The number of sulfone groups is 1. The first-order valence-corrected chi connectivity index (χ1v) is 11.3. The first kappa shape index (κ1) is 17.1. The van der Waals surface area contributed by atoms with Crippen LogP contribution in [0.5, 0.6) is 0 Å². The van der Waals surface area contributed by atoms with E-state index in [1.54, 1.807) is 12.1 Å². The van der Waals surface area contributed by atoms with Gasteiger partial charge >= 0.3 is 0 Å². The Hall–Kier alpha value is -0.780. The van der Waals surface area contributed by atoms with E-state index in [4.69, 9.17) is 0 Å². The zero-order chi connectivity index (χ0) is 16.3. The van der Waals surface area contributed by atoms with E-state index in [0.29, 0.717) is 22.2 Å². The van der Waals surface area contributed by atoms with Crippen LogP contribution in [-0.4, -0.2) is 31.7 Å². The van der Waals surface area contributed by atoms with Gasteiger partial charge in [0.15, 0.2) is 9.84 Å². The summed E-state index contributed by atoms with van der Waals surface area (Å²) in [6, 6.07) is 8.11. The molecular weight excluding hydrogens is 326 g/mol. The normalized spacial score (nSPS) is 29.2. The van der Waals surface area contributed by atoms with Crippen LogP contribution >= 0.6 is 11.8 Å². The summed E-state index contributed by atoms with van der Waals surface area (Å²) in [5, 5.41) is 4.41. The zero-order valence-electron chi connectivity index (χ0n) is 13.6. The van der Waals surface area contributed by atoms with Gasteiger partial charge in [-0.3, -0.25) is 0 Å². The predicted molar refractivity (Wildman–Crippen MR) is 97.7 cm³/mol. The smallest absolute Gasteiger partial charge is 0.175 e. The van der Waals surface area contributed by atoms with E-state index >= 15 is 0 Å². The van der Waals surface area contributed by atoms with Crippen LogP contribution in [0.15, 0.2) is 41.3 Å². The average molecular weight is 352 g/mol. The fourth-order valence-electron chi connectivity index (χ4n) is 3.34. The van der Waals surface area contributed by atoms with Gasteiger partial charge in [-0.15, -0.1) is 0 Å². The van der Waals surface area contributed by atoms with E-state index in [2.05, 4.69) is 29.2 Å². The SMILES string of the molecule is CS(=O)(=O)c1ccc(C2CCCC(/C=C\C3CCCS3)N2)cc1. The maximum atomic E-state index is 11.6. The van der Waals surface area contributed by atoms with E-state index in [0.717, 1.165) is 6.42 Å². The van der Waals surface area contributed by atoms with Crippen molar-refractivity contribution < 1.29 is 8.42 Å². The van der Waals surface area contributed by atoms with Crippen LogP contribution in [0.2, 0.25) is 0 Å². The second-order valence-corrected chi connectivity index (χ2v) is 9.90. The molecule has 1 N–H and O–H groups in total. The molecular formula is C18H25NO2S2. The molecule has 126 valence electrons. The molecule has 0 bridgehead atoms. The van der Waals surface area contributed by atoms with Crippen molar-refractivity contribution in [2.24, 2.45) is 0 Å². The third-order valence-electron chi connectivity index (χ3n) is 4.66. The van der Waals surface area contributed by atoms with Crippen LogP contribution < -0.4 is 5.32 Å². The minimum atomic E-state index is -3.11. The summed E-state index contributed by atoms with van der Waals surface area (Å²) < 4.78 is 23.1. The van der Waals surface area contributed by atoms with Crippen molar-refractivity contribution in [3.8, 4) is 0 Å². The monoisotopic (exact) mass is 351 g/mol. The van der Waals surface area contributed by atoms with Crippen LogP contribution in [0.25, 0.3) is 0 Å². The van der Waals surface area contributed by atoms with E-state index in [9.17, 15) is 8.42 Å². The molecule has 0 radical (unpaired) electrons. The third-order valence-corrected chi connectivity index (χ3v) is 7.13. The molecule has 2 saturated heterocycles. The molecule has 2 aliphatic rings. The van der Waals surface area contributed by atoms with Crippen molar-refractivity contribution >= 4 is 21.6 Å². The van der Waals surface area contributed by atoms with Gasteiger partial charge in [0.2, 0.25) is 0 Å². The molecule has 0 amide bonds. The van der Waals surface area contributed by atoms with E-state index < -0.39 is 9.84 Å². The molecule has 3 unspecified atom stereocenters. The summed E-state index contributed by atoms with van der Waals surface area (Å²) in [4.78, 5) is 0.395. The molecule has 1 aromatic carbocycles. The third kappa shape index (κ3) is 4.61. The molecule has 3 rings (SSSR count). The Bertz CT molecular complexity index is 646. The zero-order valence-corrected chi connectivity index (χ0v) is 15.2. The second kappa shape index (κ2) is 7.41. The summed E-state index contributed by atoms with van der Waals surface area (Å²) in [5.41, 5.74) is 1.19. The lowest BCUT2D eigenvalue weighted by Crippen LogP contribution is -2.35. The molecule has 0 aromatic heterocycles. The maximum Gasteiger partial charge on any atom is 0.175 e. The van der Waals surface area contributed by atoms with E-state index in [1.165, 1.54) is 43.3 Å². The molecule has 3 atom stereocenters. The quantitative estimate of drug-likeness (QED) is 0.840. The molecule has 23 heavy (non-hydrogen) atoms. The molecule has 1 aromatic rings. The van der Waals surface area contributed by atoms with Crippen molar-refractivity contribution in [1.82, 2.24) is 5.32 Å². The van der Waals surface area contributed by atoms with Crippen LogP contribution in [0, 0.1) is 0 Å². The first-order valence-electron chi connectivity index (χ1n) is 8.38. The molecule has 2 heterocycles. The highest BCUT2D eigenvalue weighted by molar-refractivity contribution is 8.00. The number of thioether (sulfide) groups is 1. The number of piperidine rings is 1. The number of hydrogen-bond acceptors (Lipinski definition) is 4.